The lowest BCUT2D eigenvalue weighted by Crippen LogP contribution is -2.45. The molecule has 28 heavy (non-hydrogen) atoms. The molecule has 1 aromatic heterocycles. The Hall–Kier alpha value is -2.47. The Bertz CT molecular complexity index is 845. The first-order chi connectivity index (χ1) is 13.6. The Morgan fingerprint density at radius 3 is 2.89 bits per heavy atom. The lowest BCUT2D eigenvalue weighted by Gasteiger charge is -2.40. The van der Waals surface area contributed by atoms with E-state index in [4.69, 9.17) is 4.74 Å². The van der Waals surface area contributed by atoms with E-state index in [0.717, 1.165) is 45.4 Å². The van der Waals surface area contributed by atoms with Gasteiger partial charge in [-0.15, -0.1) is 0 Å². The number of ether oxygens (including phenoxy) is 1. The highest BCUT2D eigenvalue weighted by atomic mass is 19.1. The van der Waals surface area contributed by atoms with Crippen LogP contribution in [0.1, 0.15) is 35.3 Å². The van der Waals surface area contributed by atoms with Crippen LogP contribution in [0.4, 0.5) is 4.39 Å². The van der Waals surface area contributed by atoms with Crippen LogP contribution in [-0.2, 0) is 6.54 Å². The minimum absolute atomic E-state index is 0.00781. The standard InChI is InChI=1S/C22H26FN3O2/c1-28-18-6-7-19(23)17(13-18)14-25-11-4-8-22(15-25)9-12-26(16-22)21(27)20-5-2-3-10-24-20/h2-3,5-7,10,13H,4,8-9,11-12,14-16H2,1H3. The molecule has 0 radical (unpaired) electrons. The normalized spacial score (nSPS) is 22.6. The Labute approximate surface area is 165 Å². The maximum Gasteiger partial charge on any atom is 0.272 e. The molecule has 3 heterocycles. The van der Waals surface area contributed by atoms with Gasteiger partial charge in [-0.1, -0.05) is 6.07 Å². The summed E-state index contributed by atoms with van der Waals surface area (Å²) in [5.41, 5.74) is 1.26. The van der Waals surface area contributed by atoms with Crippen LogP contribution in [0.3, 0.4) is 0 Å². The van der Waals surface area contributed by atoms with Crippen LogP contribution in [0.2, 0.25) is 0 Å². The van der Waals surface area contributed by atoms with E-state index in [9.17, 15) is 9.18 Å². The van der Waals surface area contributed by atoms with Crippen LogP contribution in [-0.4, -0.2) is 54.0 Å². The molecule has 1 amide bonds. The number of aromatic nitrogens is 1. The summed E-state index contributed by atoms with van der Waals surface area (Å²) in [4.78, 5) is 21.2. The number of pyridine rings is 1. The molecule has 1 atom stereocenters. The van der Waals surface area contributed by atoms with Gasteiger partial charge >= 0.3 is 0 Å². The molecule has 0 saturated carbocycles. The predicted molar refractivity (Wildman–Crippen MR) is 105 cm³/mol. The van der Waals surface area contributed by atoms with Crippen molar-refractivity contribution in [1.82, 2.24) is 14.8 Å². The van der Waals surface area contributed by atoms with Crippen LogP contribution in [0.15, 0.2) is 42.6 Å². The second-order valence-electron chi connectivity index (χ2n) is 7.96. The molecule has 2 saturated heterocycles. The first kappa shape index (κ1) is 18.9. The van der Waals surface area contributed by atoms with E-state index in [0.29, 0.717) is 23.6 Å². The molecule has 0 bridgehead atoms. The number of methoxy groups -OCH3 is 1. The summed E-state index contributed by atoms with van der Waals surface area (Å²) in [5, 5.41) is 0. The van der Waals surface area contributed by atoms with Crippen molar-refractivity contribution in [1.29, 1.82) is 0 Å². The van der Waals surface area contributed by atoms with Gasteiger partial charge < -0.3 is 9.64 Å². The highest BCUT2D eigenvalue weighted by Gasteiger charge is 2.43. The third-order valence-corrected chi connectivity index (χ3v) is 6.00. The zero-order chi connectivity index (χ0) is 19.6. The summed E-state index contributed by atoms with van der Waals surface area (Å²) >= 11 is 0. The molecule has 148 valence electrons. The molecule has 2 aliphatic heterocycles. The van der Waals surface area contributed by atoms with Gasteiger partial charge in [-0.25, -0.2) is 4.39 Å². The number of nitrogens with zero attached hydrogens (tertiary/aromatic N) is 3. The van der Waals surface area contributed by atoms with Gasteiger partial charge in [0.05, 0.1) is 7.11 Å². The molecule has 4 rings (SSSR count). The van der Waals surface area contributed by atoms with E-state index in [2.05, 4.69) is 9.88 Å². The minimum Gasteiger partial charge on any atom is -0.497 e. The average molecular weight is 383 g/mol. The molecular formula is C22H26FN3O2. The van der Waals surface area contributed by atoms with E-state index in [1.165, 1.54) is 6.07 Å². The van der Waals surface area contributed by atoms with Gasteiger partial charge in [-0.2, -0.15) is 0 Å². The lowest BCUT2D eigenvalue weighted by molar-refractivity contribution is 0.0669. The highest BCUT2D eigenvalue weighted by Crippen LogP contribution is 2.40. The van der Waals surface area contributed by atoms with E-state index in [1.807, 2.05) is 17.0 Å². The van der Waals surface area contributed by atoms with E-state index < -0.39 is 0 Å². The van der Waals surface area contributed by atoms with E-state index in [-0.39, 0.29) is 17.1 Å². The first-order valence-corrected chi connectivity index (χ1v) is 9.84. The summed E-state index contributed by atoms with van der Waals surface area (Å²) in [5.74, 6) is 0.489. The number of carbonyl (C=O) groups excluding carboxylic acids is 1. The second kappa shape index (κ2) is 7.87. The fraction of sp³-hybridized carbons (Fsp3) is 0.455. The zero-order valence-electron chi connectivity index (χ0n) is 16.2. The van der Waals surface area contributed by atoms with Gasteiger partial charge in [0.1, 0.15) is 17.3 Å². The Balaban J connectivity index is 1.43. The van der Waals surface area contributed by atoms with Crippen LogP contribution in [0, 0.1) is 11.2 Å². The number of hydrogen-bond donors (Lipinski definition) is 0. The molecule has 1 spiro atoms. The molecular weight excluding hydrogens is 357 g/mol. The van der Waals surface area contributed by atoms with Gasteiger partial charge in [0.25, 0.3) is 5.91 Å². The SMILES string of the molecule is COc1ccc(F)c(CN2CCCC3(CCN(C(=O)c4ccccn4)C3)C2)c1. The van der Waals surface area contributed by atoms with E-state index >= 15 is 0 Å². The fourth-order valence-electron chi connectivity index (χ4n) is 4.58. The number of halogens is 1. The van der Waals surface area contributed by atoms with E-state index in [1.54, 1.807) is 31.5 Å². The molecule has 2 aromatic rings. The highest BCUT2D eigenvalue weighted by molar-refractivity contribution is 5.92. The van der Waals surface area contributed by atoms with Gasteiger partial charge in [-0.05, 0) is 56.1 Å². The monoisotopic (exact) mass is 383 g/mol. The van der Waals surface area contributed by atoms with Crippen molar-refractivity contribution in [2.24, 2.45) is 5.41 Å². The lowest BCUT2D eigenvalue weighted by atomic mass is 9.79. The summed E-state index contributed by atoms with van der Waals surface area (Å²) in [6, 6.07) is 10.3. The number of rotatable bonds is 4. The Kier molecular flexibility index (Phi) is 5.31. The molecule has 1 aromatic carbocycles. The quantitative estimate of drug-likeness (QED) is 0.812. The summed E-state index contributed by atoms with van der Waals surface area (Å²) < 4.78 is 19.5. The number of hydrogen-bond acceptors (Lipinski definition) is 4. The number of piperidine rings is 1. The first-order valence-electron chi connectivity index (χ1n) is 9.84. The van der Waals surface area contributed by atoms with Crippen molar-refractivity contribution >= 4 is 5.91 Å². The average Bonchev–Trinajstić information content (AvgIpc) is 3.13. The third-order valence-electron chi connectivity index (χ3n) is 6.00. The number of carbonyl (C=O) groups is 1. The van der Waals surface area contributed by atoms with Crippen LogP contribution >= 0.6 is 0 Å². The van der Waals surface area contributed by atoms with Crippen LogP contribution in [0.5, 0.6) is 5.75 Å². The summed E-state index contributed by atoms with van der Waals surface area (Å²) in [6.45, 7) is 3.91. The zero-order valence-corrected chi connectivity index (χ0v) is 16.2. The minimum atomic E-state index is -0.196. The van der Waals surface area contributed by atoms with Crippen molar-refractivity contribution in [3.05, 3.63) is 59.7 Å². The second-order valence-corrected chi connectivity index (χ2v) is 7.96. The maximum absolute atomic E-state index is 14.2. The van der Waals surface area contributed by atoms with Crippen molar-refractivity contribution in [2.75, 3.05) is 33.3 Å². The van der Waals surface area contributed by atoms with Crippen LogP contribution < -0.4 is 4.74 Å². The molecule has 5 nitrogen and oxygen atoms in total. The maximum atomic E-state index is 14.2. The van der Waals surface area contributed by atoms with Gasteiger partial charge in [0.2, 0.25) is 0 Å². The molecule has 2 fully saturated rings. The van der Waals surface area contributed by atoms with Gasteiger partial charge in [-0.3, -0.25) is 14.7 Å². The number of benzene rings is 1. The Morgan fingerprint density at radius 1 is 1.21 bits per heavy atom. The van der Waals surface area contributed by atoms with Crippen molar-refractivity contribution in [2.45, 2.75) is 25.8 Å². The summed E-state index contributed by atoms with van der Waals surface area (Å²) in [7, 11) is 1.60. The van der Waals surface area contributed by atoms with Gasteiger partial charge in [0, 0.05) is 43.4 Å². The molecule has 1 unspecified atom stereocenters. The number of likely N-dealkylation sites (tertiary alicyclic amines) is 2. The molecule has 2 aliphatic rings. The molecule has 0 N–H and O–H groups in total. The Morgan fingerprint density at radius 2 is 2.11 bits per heavy atom. The predicted octanol–water partition coefficient (Wildman–Crippen LogP) is 3.36. The topological polar surface area (TPSA) is 45.7 Å². The van der Waals surface area contributed by atoms with Crippen molar-refractivity contribution in [3.63, 3.8) is 0 Å². The summed E-state index contributed by atoms with van der Waals surface area (Å²) in [6.07, 6.45) is 4.82. The van der Waals surface area contributed by atoms with Crippen molar-refractivity contribution in [3.8, 4) is 5.75 Å². The van der Waals surface area contributed by atoms with Crippen molar-refractivity contribution < 1.29 is 13.9 Å². The molecule has 6 heteroatoms. The third kappa shape index (κ3) is 3.87. The van der Waals surface area contributed by atoms with Gasteiger partial charge in [0.15, 0.2) is 0 Å². The largest absolute Gasteiger partial charge is 0.497 e. The molecule has 0 aliphatic carbocycles. The smallest absolute Gasteiger partial charge is 0.272 e. The fourth-order valence-corrected chi connectivity index (χ4v) is 4.58. The van der Waals surface area contributed by atoms with Crippen LogP contribution in [0.25, 0.3) is 0 Å². The number of amides is 1.